The molecule has 1 aliphatic rings. The van der Waals surface area contributed by atoms with Crippen LogP contribution in [0.4, 0.5) is 0 Å². The summed E-state index contributed by atoms with van der Waals surface area (Å²) in [6.45, 7) is 27.0. The van der Waals surface area contributed by atoms with Gasteiger partial charge >= 0.3 is 20.6 Å². The van der Waals surface area contributed by atoms with E-state index in [4.69, 9.17) is 28.8 Å². The highest BCUT2D eigenvalue weighted by Crippen LogP contribution is 2.48. The van der Waals surface area contributed by atoms with Crippen molar-refractivity contribution in [2.75, 3.05) is 13.7 Å². The van der Waals surface area contributed by atoms with E-state index < -0.39 is 14.6 Å². The summed E-state index contributed by atoms with van der Waals surface area (Å²) in [7, 11) is 0.714. The number of benzene rings is 3. The smallest absolute Gasteiger partial charge is 0.358 e. The second-order valence-electron chi connectivity index (χ2n) is 17.0. The van der Waals surface area contributed by atoms with E-state index in [1.807, 2.05) is 136 Å². The number of aryl methyl sites for hydroxylation is 5. The number of carbonyl (C=O) groups excluding carboxylic acids is 5. The maximum Gasteiger partial charge on any atom is 0.358 e. The molecule has 1 aliphatic carbocycles. The quantitative estimate of drug-likeness (QED) is 0.0267. The zero-order valence-electron chi connectivity index (χ0n) is 42.0. The topological polar surface area (TPSA) is 211 Å². The summed E-state index contributed by atoms with van der Waals surface area (Å²) in [6, 6.07) is 23.2. The van der Waals surface area contributed by atoms with Crippen molar-refractivity contribution in [1.29, 1.82) is 0 Å². The van der Waals surface area contributed by atoms with Crippen LogP contribution < -0.4 is 0 Å². The zero-order chi connectivity index (χ0) is 52.0. The average molecular weight is 966 g/mol. The average Bonchev–Trinajstić information content (AvgIpc) is 4.07. The number of aromatic nitrogens is 1. The molecule has 0 radical (unpaired) electrons. The number of esters is 2. The van der Waals surface area contributed by atoms with E-state index >= 15 is 0 Å². The highest BCUT2D eigenvalue weighted by Gasteiger charge is 2.43. The molecule has 0 amide bonds. The Labute approximate surface area is 404 Å². The van der Waals surface area contributed by atoms with Gasteiger partial charge in [0, 0.05) is 17.2 Å². The number of ether oxygens (including phenoxy) is 5. The van der Waals surface area contributed by atoms with Crippen LogP contribution >= 0.6 is 8.69 Å². The van der Waals surface area contributed by atoms with Crippen LogP contribution in [-0.4, -0.2) is 66.5 Å². The summed E-state index contributed by atoms with van der Waals surface area (Å²) in [5.74, 6) is -0.611. The number of aromatic hydroxyl groups is 1. The fourth-order valence-corrected chi connectivity index (χ4v) is 5.99. The van der Waals surface area contributed by atoms with Gasteiger partial charge in [0.1, 0.15) is 24.1 Å². The molecule has 0 saturated heterocycles. The summed E-state index contributed by atoms with van der Waals surface area (Å²) < 4.78 is 35.9. The van der Waals surface area contributed by atoms with Gasteiger partial charge in [0.05, 0.1) is 31.2 Å². The van der Waals surface area contributed by atoms with E-state index in [0.717, 1.165) is 33.5 Å². The molecule has 5 atom stereocenters. The minimum Gasteiger partial charge on any atom is -0.508 e. The van der Waals surface area contributed by atoms with Crippen LogP contribution in [0.15, 0.2) is 79.0 Å². The Balaban J connectivity index is 0.000000820. The van der Waals surface area contributed by atoms with E-state index in [1.165, 1.54) is 31.1 Å². The van der Waals surface area contributed by atoms with Crippen LogP contribution in [-0.2, 0) is 56.9 Å². The van der Waals surface area contributed by atoms with Crippen molar-refractivity contribution in [1.82, 2.24) is 4.98 Å². The number of pyridine rings is 1. The third-order valence-electron chi connectivity index (χ3n) is 10.7. The predicted octanol–water partition coefficient (Wildman–Crippen LogP) is 11.5. The normalized spacial score (nSPS) is 13.7. The highest BCUT2D eigenvalue weighted by atomic mass is 31.1. The van der Waals surface area contributed by atoms with Crippen LogP contribution in [0, 0.1) is 46.0 Å². The molecule has 374 valence electrons. The number of hydrogen-bond acceptors (Lipinski definition) is 15. The standard InChI is InChI=1S/C15H22O3.C11H14O2.C10H12O2.C9H11NO2.C7H12O2.HO3P/c1-9(2)8-18-15(17)12(5)14-11(4)6-10(3)7-13(14)16;1-8-4-6-10(7-5-8)9(2)11(12)13-3;1-8-4-3-5-10(6-8)9(2)12-7-11;1-7-3-4-9(10-5-7)8(2)12-6-11;1-6(9-5-8)7(2)3-4-7;1-3-4-2/h6-7,9,12,16H,8H2,1-5H3;4-7,9H,1-3H3;3-7,9H,1-2H3;3-6,8H,1-2H3;5-6H,3-4H2,1-2H3;1H. The van der Waals surface area contributed by atoms with E-state index in [0.29, 0.717) is 42.9 Å². The maximum absolute atomic E-state index is 11.9. The lowest BCUT2D eigenvalue weighted by Gasteiger charge is -2.17. The van der Waals surface area contributed by atoms with Gasteiger partial charge in [-0.05, 0) is 128 Å². The van der Waals surface area contributed by atoms with Crippen LogP contribution in [0.1, 0.15) is 142 Å². The fourth-order valence-electron chi connectivity index (χ4n) is 5.99. The molecule has 0 spiro atoms. The van der Waals surface area contributed by atoms with Gasteiger partial charge in [-0.2, -0.15) is 0 Å². The number of rotatable bonds is 16. The molecule has 16 heteroatoms. The van der Waals surface area contributed by atoms with Crippen molar-refractivity contribution >= 4 is 40.0 Å². The van der Waals surface area contributed by atoms with Crippen molar-refractivity contribution in [3.05, 3.63) is 129 Å². The first-order valence-corrected chi connectivity index (χ1v) is 22.8. The predicted molar refractivity (Wildman–Crippen MR) is 260 cm³/mol. The van der Waals surface area contributed by atoms with E-state index in [-0.39, 0.29) is 41.9 Å². The maximum atomic E-state index is 11.9. The first-order valence-electron chi connectivity index (χ1n) is 22.1. The number of phenolic OH excluding ortho intramolecular Hbond substituents is 1. The van der Waals surface area contributed by atoms with E-state index in [2.05, 4.69) is 21.3 Å². The number of methoxy groups -OCH3 is 1. The van der Waals surface area contributed by atoms with Gasteiger partial charge in [-0.25, -0.2) is 9.82 Å². The van der Waals surface area contributed by atoms with Crippen LogP contribution in [0.25, 0.3) is 0 Å². The third kappa shape index (κ3) is 24.7. The molecule has 1 aromatic heterocycles. The van der Waals surface area contributed by atoms with Crippen molar-refractivity contribution in [3.8, 4) is 5.75 Å². The number of hydrogen-bond donors (Lipinski definition) is 2. The number of nitrogens with zero attached hydrogens (tertiary/aromatic N) is 1. The van der Waals surface area contributed by atoms with Crippen LogP contribution in [0.2, 0.25) is 0 Å². The molecule has 2 N–H and O–H groups in total. The van der Waals surface area contributed by atoms with Crippen molar-refractivity contribution in [2.45, 2.75) is 133 Å². The van der Waals surface area contributed by atoms with Crippen LogP contribution in [0.3, 0.4) is 0 Å². The molecule has 0 bridgehead atoms. The van der Waals surface area contributed by atoms with Crippen molar-refractivity contribution in [2.24, 2.45) is 11.3 Å². The van der Waals surface area contributed by atoms with Gasteiger partial charge < -0.3 is 28.8 Å². The Kier molecular flexibility index (Phi) is 30.5. The molecule has 3 aromatic carbocycles. The van der Waals surface area contributed by atoms with Gasteiger partial charge in [-0.3, -0.25) is 29.0 Å². The molecule has 0 aliphatic heterocycles. The molecule has 1 saturated carbocycles. The fraction of sp³-hybridized carbons (Fsp3) is 0.462. The Hall–Kier alpha value is -6.02. The van der Waals surface area contributed by atoms with E-state index in [9.17, 15) is 29.1 Å². The van der Waals surface area contributed by atoms with Gasteiger partial charge in [0.15, 0.2) is 0 Å². The zero-order valence-corrected chi connectivity index (χ0v) is 42.9. The Morgan fingerprint density at radius 2 is 1.26 bits per heavy atom. The summed E-state index contributed by atoms with van der Waals surface area (Å²) in [5, 5.41) is 17.0. The lowest BCUT2D eigenvalue weighted by Crippen LogP contribution is -2.18. The highest BCUT2D eigenvalue weighted by molar-refractivity contribution is 7.17. The molecule has 4 aromatic rings. The van der Waals surface area contributed by atoms with Gasteiger partial charge in [0.25, 0.3) is 19.4 Å². The Morgan fingerprint density at radius 1 is 0.706 bits per heavy atom. The Morgan fingerprint density at radius 3 is 1.72 bits per heavy atom. The number of phenols is 1. The number of carbonyl (C=O) groups is 5. The summed E-state index contributed by atoms with van der Waals surface area (Å²) in [4.78, 5) is 57.1. The molecular formula is C52H72NO14P. The first-order chi connectivity index (χ1) is 32.0. The second kappa shape index (κ2) is 33.5. The second-order valence-corrected chi connectivity index (χ2v) is 17.3. The van der Waals surface area contributed by atoms with E-state index in [1.54, 1.807) is 26.1 Å². The SMILES string of the molecule is CC(OC=O)C1(C)CC1.COC(=O)C(C)c1ccc(C)cc1.Cc1cc(C)c(C(C)C(=O)OCC(C)C)c(O)c1.Cc1ccc(C(C)OC=O)nc1.Cc1cccc(C(C)OC=O)c1.O=POO. The van der Waals surface area contributed by atoms with Crippen molar-refractivity contribution in [3.63, 3.8) is 0 Å². The lowest BCUT2D eigenvalue weighted by molar-refractivity contribution is -0.146. The minimum atomic E-state index is -0.696. The third-order valence-corrected chi connectivity index (χ3v) is 10.7. The van der Waals surface area contributed by atoms with Crippen LogP contribution in [0.5, 0.6) is 5.75 Å². The molecule has 5 rings (SSSR count). The van der Waals surface area contributed by atoms with Crippen molar-refractivity contribution < 1.29 is 67.3 Å². The summed E-state index contributed by atoms with van der Waals surface area (Å²) >= 11 is 0. The van der Waals surface area contributed by atoms with Gasteiger partial charge in [0.2, 0.25) is 0 Å². The molecule has 15 nitrogen and oxygen atoms in total. The lowest BCUT2D eigenvalue weighted by atomic mass is 9.94. The minimum absolute atomic E-state index is 0.106. The molecule has 1 heterocycles. The van der Waals surface area contributed by atoms with Gasteiger partial charge in [-0.1, -0.05) is 92.6 Å². The summed E-state index contributed by atoms with van der Waals surface area (Å²) in [5.41, 5.74) is 9.13. The molecular weight excluding hydrogens is 894 g/mol. The molecule has 5 unspecified atom stereocenters. The molecule has 1 fully saturated rings. The monoisotopic (exact) mass is 965 g/mol. The largest absolute Gasteiger partial charge is 0.508 e. The first kappa shape index (κ1) is 62.0. The molecule has 68 heavy (non-hydrogen) atoms. The van der Waals surface area contributed by atoms with Gasteiger partial charge in [-0.15, -0.1) is 4.67 Å². The summed E-state index contributed by atoms with van der Waals surface area (Å²) in [6.07, 6.45) is 3.84. The Bertz CT molecular complexity index is 2080.